The van der Waals surface area contributed by atoms with E-state index in [1.807, 2.05) is 0 Å². The lowest BCUT2D eigenvalue weighted by Gasteiger charge is -2.82. The lowest BCUT2D eigenvalue weighted by atomic mass is 9.21. The van der Waals surface area contributed by atoms with Gasteiger partial charge in [-0.1, -0.05) is 96.4 Å². The van der Waals surface area contributed by atoms with Crippen LogP contribution in [0.3, 0.4) is 0 Å². The summed E-state index contributed by atoms with van der Waals surface area (Å²) in [4.78, 5) is 13.3. The monoisotopic (exact) mass is 835 g/mol. The van der Waals surface area contributed by atoms with E-state index in [1.165, 1.54) is 94.6 Å². The number of rotatable bonds is 11. The van der Waals surface area contributed by atoms with E-state index in [1.54, 1.807) is 7.11 Å². The minimum atomic E-state index is -1.07. The van der Waals surface area contributed by atoms with Gasteiger partial charge in [-0.2, -0.15) is 0 Å². The Balaban J connectivity index is 1.12. The normalized spacial score (nSPS) is 49.6. The summed E-state index contributed by atoms with van der Waals surface area (Å²) in [7, 11) is 1.78. The highest BCUT2D eigenvalue weighted by Crippen LogP contribution is 2.88. The number of benzene rings is 1. The van der Waals surface area contributed by atoms with Crippen molar-refractivity contribution >= 4 is 5.97 Å². The number of aliphatic carboxylic acids is 1. The van der Waals surface area contributed by atoms with Crippen molar-refractivity contribution in [3.63, 3.8) is 0 Å². The Kier molecular flexibility index (Phi) is 10.6. The first-order chi connectivity index (χ1) is 29.2. The zero-order chi connectivity index (χ0) is 42.7. The maximum atomic E-state index is 13.3. The average Bonchev–Trinajstić information content (AvgIpc) is 3.81. The molecule has 0 radical (unpaired) electrons. The summed E-state index contributed by atoms with van der Waals surface area (Å²) in [5.74, 6) is 10.6. The van der Waals surface area contributed by atoms with Crippen LogP contribution in [0.15, 0.2) is 24.3 Å². The zero-order valence-electron chi connectivity index (χ0n) is 39.2. The molecular formula is C56H82O5. The molecule has 1 heterocycles. The Morgan fingerprint density at radius 3 is 2.31 bits per heavy atom. The van der Waals surface area contributed by atoms with Gasteiger partial charge in [-0.05, 0) is 178 Å². The summed E-state index contributed by atoms with van der Waals surface area (Å²) < 4.78 is 12.7. The second-order valence-electron chi connectivity index (χ2n) is 24.7. The van der Waals surface area contributed by atoms with Gasteiger partial charge in [-0.3, -0.25) is 4.79 Å². The molecule has 7 saturated carbocycles. The Labute approximate surface area is 370 Å². The standard InChI is InChI=1S/C56H82O5/c1-7-11-44-55-32-31-54-25-10-14-39(16-15-38-12-8-9-13-38)23-26-53(45-37-50(3,48(57)58)28-27-49(45,2)29-30-51(53,54)4)36-43-22-21-42(47(55)52(43,54)5)35-56(44,59)61-46(55)34-41-19-17-40(18-20-41)24-33-60-6/h17-20,38-39,42-47,59H,7-9,11-16,21-24,26-37H2,1-6H3,(H,57,58)/t39-,42-,43+,44-,45-,46+,47+,49-,50-,51+,52+,53+,54-,55-,56+/m1/s1. The maximum Gasteiger partial charge on any atom is 0.309 e. The van der Waals surface area contributed by atoms with Gasteiger partial charge in [-0.15, -0.1) is 5.92 Å². The molecule has 1 aromatic rings. The Morgan fingerprint density at radius 2 is 1.57 bits per heavy atom. The molecule has 8 fully saturated rings. The van der Waals surface area contributed by atoms with Crippen LogP contribution in [0.4, 0.5) is 0 Å². The van der Waals surface area contributed by atoms with Crippen molar-refractivity contribution < 1.29 is 24.5 Å². The van der Waals surface area contributed by atoms with Crippen molar-refractivity contribution in [3.8, 4) is 11.8 Å². The fraction of sp³-hybridized carbons (Fsp3) is 0.839. The number of hydrogen-bond donors (Lipinski definition) is 2. The molecule has 15 atom stereocenters. The minimum absolute atomic E-state index is 0.00904. The van der Waals surface area contributed by atoms with Gasteiger partial charge in [-0.25, -0.2) is 0 Å². The van der Waals surface area contributed by atoms with Crippen LogP contribution in [0.25, 0.3) is 0 Å². The number of ether oxygens (including phenoxy) is 2. The molecule has 336 valence electrons. The van der Waals surface area contributed by atoms with Gasteiger partial charge < -0.3 is 19.7 Å². The van der Waals surface area contributed by atoms with Crippen LogP contribution in [0.1, 0.15) is 187 Å². The number of carbonyl (C=O) groups is 1. The molecule has 1 saturated heterocycles. The molecule has 1 aromatic carbocycles. The van der Waals surface area contributed by atoms with Crippen LogP contribution in [0.5, 0.6) is 0 Å². The van der Waals surface area contributed by atoms with Crippen LogP contribution in [0.2, 0.25) is 0 Å². The predicted molar refractivity (Wildman–Crippen MR) is 242 cm³/mol. The van der Waals surface area contributed by atoms with Gasteiger partial charge in [0.05, 0.1) is 18.1 Å². The number of hydrogen-bond acceptors (Lipinski definition) is 4. The van der Waals surface area contributed by atoms with E-state index in [2.05, 4.69) is 70.7 Å². The first kappa shape index (κ1) is 43.0. The highest BCUT2D eigenvalue weighted by atomic mass is 16.6. The quantitative estimate of drug-likeness (QED) is 0.217. The Hall–Kier alpha value is -1.87. The molecule has 0 aromatic heterocycles. The topological polar surface area (TPSA) is 76.0 Å². The van der Waals surface area contributed by atoms with Crippen LogP contribution < -0.4 is 0 Å². The number of fused-ring (bicyclic) bond motifs is 2. The van der Waals surface area contributed by atoms with Gasteiger partial charge in [0, 0.05) is 36.7 Å². The Morgan fingerprint density at radius 1 is 0.836 bits per heavy atom. The largest absolute Gasteiger partial charge is 0.481 e. The molecule has 5 nitrogen and oxygen atoms in total. The summed E-state index contributed by atoms with van der Waals surface area (Å²) in [6.45, 7) is 13.3. The molecule has 4 bridgehead atoms. The van der Waals surface area contributed by atoms with Crippen molar-refractivity contribution in [1.82, 2.24) is 0 Å². The first-order valence-corrected chi connectivity index (χ1v) is 25.9. The SMILES string of the molecule is CCC[C@@H]1[C@]23CC[C@@]45C#CC[C@H](CCC6CCCC6)CC[C@]6(C[C@@H]7CC[C@H](C[C@]1(O)O[C@H]2Cc1ccc(CCOC)cc1)[C@H]3[C@]74C)[C@@H]1C[C@](C)(C(=O)O)CC[C@]1(C)CC[C@@]65C. The summed E-state index contributed by atoms with van der Waals surface area (Å²) >= 11 is 0. The Bertz CT molecular complexity index is 1890. The van der Waals surface area contributed by atoms with Gasteiger partial charge in [0.15, 0.2) is 5.79 Å². The molecule has 10 rings (SSSR count). The zero-order valence-corrected chi connectivity index (χ0v) is 39.2. The van der Waals surface area contributed by atoms with Crippen molar-refractivity contribution in [1.29, 1.82) is 0 Å². The third-order valence-corrected chi connectivity index (χ3v) is 22.5. The summed E-state index contributed by atoms with van der Waals surface area (Å²) in [6.07, 6.45) is 27.4. The second-order valence-corrected chi connectivity index (χ2v) is 24.7. The van der Waals surface area contributed by atoms with Gasteiger partial charge in [0.2, 0.25) is 0 Å². The fourth-order valence-electron chi connectivity index (χ4n) is 19.5. The van der Waals surface area contributed by atoms with Gasteiger partial charge >= 0.3 is 5.97 Å². The second kappa shape index (κ2) is 15.1. The number of carboxylic acids is 1. The summed E-state index contributed by atoms with van der Waals surface area (Å²) in [6, 6.07) is 9.23. The molecule has 1 aliphatic heterocycles. The molecular weight excluding hydrogens is 753 g/mol. The van der Waals surface area contributed by atoms with E-state index >= 15 is 0 Å². The van der Waals surface area contributed by atoms with E-state index in [4.69, 9.17) is 9.47 Å². The predicted octanol–water partition coefficient (Wildman–Crippen LogP) is 12.6. The van der Waals surface area contributed by atoms with Crippen LogP contribution in [0, 0.1) is 91.2 Å². The highest BCUT2D eigenvalue weighted by Gasteiger charge is 2.84. The minimum Gasteiger partial charge on any atom is -0.481 e. The van der Waals surface area contributed by atoms with Crippen molar-refractivity contribution in [2.45, 2.75) is 201 Å². The highest BCUT2D eigenvalue weighted by molar-refractivity contribution is 5.74. The number of carboxylic acid groups (broad SMARTS) is 1. The van der Waals surface area contributed by atoms with Gasteiger partial charge in [0.1, 0.15) is 0 Å². The summed E-state index contributed by atoms with van der Waals surface area (Å²) in [5, 5.41) is 23.9. The van der Waals surface area contributed by atoms with Crippen LogP contribution in [-0.4, -0.2) is 41.8 Å². The lowest BCUT2D eigenvalue weighted by Crippen LogP contribution is -2.78. The third kappa shape index (κ3) is 5.97. The molecule has 2 N–H and O–H groups in total. The molecule has 5 heteroatoms. The van der Waals surface area contributed by atoms with Crippen LogP contribution in [-0.2, 0) is 27.1 Å². The molecule has 2 spiro atoms. The first-order valence-electron chi connectivity index (χ1n) is 25.9. The maximum absolute atomic E-state index is 13.3. The van der Waals surface area contributed by atoms with E-state index in [9.17, 15) is 15.0 Å². The molecule has 61 heavy (non-hydrogen) atoms. The molecule has 9 aliphatic rings. The molecule has 0 unspecified atom stereocenters. The molecule has 0 amide bonds. The van der Waals surface area contributed by atoms with Gasteiger partial charge in [0.25, 0.3) is 0 Å². The van der Waals surface area contributed by atoms with E-state index in [0.29, 0.717) is 29.6 Å². The lowest BCUT2D eigenvalue weighted by molar-refractivity contribution is -0.338. The smallest absolute Gasteiger partial charge is 0.309 e. The summed E-state index contributed by atoms with van der Waals surface area (Å²) in [5.41, 5.74) is 1.94. The van der Waals surface area contributed by atoms with E-state index in [-0.39, 0.29) is 44.5 Å². The fourth-order valence-corrected chi connectivity index (χ4v) is 19.5. The van der Waals surface area contributed by atoms with E-state index < -0.39 is 17.2 Å². The van der Waals surface area contributed by atoms with E-state index in [0.717, 1.165) is 83.2 Å². The van der Waals surface area contributed by atoms with Crippen molar-refractivity contribution in [3.05, 3.63) is 35.4 Å². The average molecular weight is 835 g/mol. The number of methoxy groups -OCH3 is 1. The van der Waals surface area contributed by atoms with Crippen molar-refractivity contribution in [2.75, 3.05) is 13.7 Å². The van der Waals surface area contributed by atoms with Crippen molar-refractivity contribution in [2.24, 2.45) is 79.3 Å². The number of aliphatic hydroxyl groups is 1. The third-order valence-electron chi connectivity index (χ3n) is 22.5. The van der Waals surface area contributed by atoms with Crippen LogP contribution >= 0.6 is 0 Å². The molecule has 8 aliphatic carbocycles.